The lowest BCUT2D eigenvalue weighted by Crippen LogP contribution is -2.32. The monoisotopic (exact) mass is 387 g/mol. The Kier molecular flexibility index (Phi) is 11.0. The Morgan fingerprint density at radius 2 is 1.89 bits per heavy atom. The minimum Gasteiger partial charge on any atom is -0.493 e. The molecule has 0 atom stereocenters. The van der Waals surface area contributed by atoms with E-state index in [0.717, 1.165) is 50.9 Å². The fourth-order valence-electron chi connectivity index (χ4n) is 3.28. The smallest absolute Gasteiger partial charge is 0.222 e. The second kappa shape index (κ2) is 12.6. The first-order chi connectivity index (χ1) is 13.3. The summed E-state index contributed by atoms with van der Waals surface area (Å²) in [5.74, 6) is 1.29. The third-order valence-electron chi connectivity index (χ3n) is 4.88. The molecule has 158 valence electrons. The Labute approximate surface area is 173 Å². The van der Waals surface area contributed by atoms with Crippen LogP contribution in [0, 0.1) is 6.92 Å². The second-order valence-electron chi connectivity index (χ2n) is 8.65. The minimum atomic E-state index is 0.0729. The Morgan fingerprint density at radius 1 is 1.14 bits per heavy atom. The predicted molar refractivity (Wildman–Crippen MR) is 120 cm³/mol. The summed E-state index contributed by atoms with van der Waals surface area (Å²) < 4.78 is 6.07. The van der Waals surface area contributed by atoms with Crippen LogP contribution in [0.25, 0.3) is 0 Å². The van der Waals surface area contributed by atoms with Gasteiger partial charge in [-0.15, -0.1) is 0 Å². The highest BCUT2D eigenvalue weighted by Crippen LogP contribution is 2.32. The Hall–Kier alpha value is -1.77. The van der Waals surface area contributed by atoms with Crippen molar-refractivity contribution in [1.29, 1.82) is 0 Å². The molecule has 3 heteroatoms. The summed E-state index contributed by atoms with van der Waals surface area (Å²) in [7, 11) is 0. The lowest BCUT2D eigenvalue weighted by molar-refractivity contribution is -0.131. The molecule has 0 saturated carbocycles. The third-order valence-corrected chi connectivity index (χ3v) is 4.88. The molecule has 0 fully saturated rings. The van der Waals surface area contributed by atoms with E-state index in [1.54, 1.807) is 0 Å². The molecule has 0 spiro atoms. The van der Waals surface area contributed by atoms with Gasteiger partial charge in [0.2, 0.25) is 5.91 Å². The number of rotatable bonds is 12. The quantitative estimate of drug-likeness (QED) is 0.305. The van der Waals surface area contributed by atoms with E-state index in [4.69, 9.17) is 4.74 Å². The fraction of sp³-hybridized carbons (Fsp3) is 0.640. The van der Waals surface area contributed by atoms with Crippen molar-refractivity contribution < 1.29 is 9.53 Å². The molecule has 0 aliphatic carbocycles. The van der Waals surface area contributed by atoms with Crippen LogP contribution in [0.15, 0.2) is 30.4 Å². The number of carbonyl (C=O) groups excluding carboxylic acids is 1. The van der Waals surface area contributed by atoms with E-state index in [1.807, 2.05) is 17.9 Å². The molecular weight excluding hydrogens is 346 g/mol. The molecule has 3 nitrogen and oxygen atoms in total. The molecule has 0 heterocycles. The summed E-state index contributed by atoms with van der Waals surface area (Å²) in [6, 6.07) is 6.43. The SMILES string of the molecule is C/C=C\CCN(CCC)C(=O)CCCCCOc1ccc(C)cc1C(C)(C)C. The molecule has 1 amide bonds. The fourth-order valence-corrected chi connectivity index (χ4v) is 3.28. The van der Waals surface area contributed by atoms with Crippen LogP contribution in [0.4, 0.5) is 0 Å². The van der Waals surface area contributed by atoms with Gasteiger partial charge >= 0.3 is 0 Å². The Balaban J connectivity index is 2.37. The highest BCUT2D eigenvalue weighted by atomic mass is 16.5. The summed E-state index contributed by atoms with van der Waals surface area (Å²) in [5.41, 5.74) is 2.60. The molecular formula is C25H41NO2. The van der Waals surface area contributed by atoms with Gasteiger partial charge in [0, 0.05) is 19.5 Å². The number of amides is 1. The first kappa shape index (κ1) is 24.3. The third kappa shape index (κ3) is 8.95. The van der Waals surface area contributed by atoms with Crippen molar-refractivity contribution in [2.45, 2.75) is 85.5 Å². The number of aryl methyl sites for hydroxylation is 1. The number of ether oxygens (including phenoxy) is 1. The highest BCUT2D eigenvalue weighted by molar-refractivity contribution is 5.76. The maximum atomic E-state index is 12.4. The molecule has 0 aliphatic heterocycles. The van der Waals surface area contributed by atoms with Crippen LogP contribution in [0.3, 0.4) is 0 Å². The van der Waals surface area contributed by atoms with Crippen LogP contribution in [0.2, 0.25) is 0 Å². The molecule has 0 radical (unpaired) electrons. The van der Waals surface area contributed by atoms with Gasteiger partial charge < -0.3 is 9.64 Å². The molecule has 28 heavy (non-hydrogen) atoms. The van der Waals surface area contributed by atoms with Gasteiger partial charge in [0.1, 0.15) is 5.75 Å². The average Bonchev–Trinajstić information content (AvgIpc) is 2.64. The maximum Gasteiger partial charge on any atom is 0.222 e. The number of benzene rings is 1. The number of carbonyl (C=O) groups is 1. The predicted octanol–water partition coefficient (Wildman–Crippen LogP) is 6.44. The van der Waals surface area contributed by atoms with Crippen molar-refractivity contribution >= 4 is 5.91 Å². The topological polar surface area (TPSA) is 29.5 Å². The lowest BCUT2D eigenvalue weighted by Gasteiger charge is -2.23. The van der Waals surface area contributed by atoms with E-state index in [2.05, 4.69) is 58.9 Å². The van der Waals surface area contributed by atoms with Crippen molar-refractivity contribution in [3.8, 4) is 5.75 Å². The maximum absolute atomic E-state index is 12.4. The summed E-state index contributed by atoms with van der Waals surface area (Å²) >= 11 is 0. The minimum absolute atomic E-state index is 0.0729. The van der Waals surface area contributed by atoms with Crippen LogP contribution in [-0.2, 0) is 10.2 Å². The van der Waals surface area contributed by atoms with Crippen molar-refractivity contribution in [2.75, 3.05) is 19.7 Å². The van der Waals surface area contributed by atoms with Crippen LogP contribution in [0.5, 0.6) is 5.75 Å². The average molecular weight is 388 g/mol. The van der Waals surface area contributed by atoms with Crippen LogP contribution in [-0.4, -0.2) is 30.5 Å². The molecule has 0 aromatic heterocycles. The van der Waals surface area contributed by atoms with Gasteiger partial charge in [0.15, 0.2) is 0 Å². The zero-order valence-corrected chi connectivity index (χ0v) is 19.0. The van der Waals surface area contributed by atoms with Gasteiger partial charge in [0.25, 0.3) is 0 Å². The van der Waals surface area contributed by atoms with Gasteiger partial charge in [-0.2, -0.15) is 0 Å². The molecule has 0 unspecified atom stereocenters. The van der Waals surface area contributed by atoms with Crippen molar-refractivity contribution in [3.63, 3.8) is 0 Å². The van der Waals surface area contributed by atoms with E-state index in [9.17, 15) is 4.79 Å². The molecule has 1 aromatic rings. The van der Waals surface area contributed by atoms with Gasteiger partial charge in [-0.05, 0) is 63.0 Å². The lowest BCUT2D eigenvalue weighted by atomic mass is 9.85. The van der Waals surface area contributed by atoms with E-state index in [-0.39, 0.29) is 5.41 Å². The largest absolute Gasteiger partial charge is 0.493 e. The number of nitrogens with zero attached hydrogens (tertiary/aromatic N) is 1. The van der Waals surface area contributed by atoms with Crippen molar-refractivity contribution in [1.82, 2.24) is 4.90 Å². The first-order valence-electron chi connectivity index (χ1n) is 10.9. The Bertz CT molecular complexity index is 613. The molecule has 0 N–H and O–H groups in total. The van der Waals surface area contributed by atoms with Crippen molar-refractivity contribution in [2.24, 2.45) is 0 Å². The summed E-state index contributed by atoms with van der Waals surface area (Å²) in [5, 5.41) is 0. The first-order valence-corrected chi connectivity index (χ1v) is 10.9. The normalized spacial score (nSPS) is 11.8. The standard InChI is InChI=1S/C25H41NO2/c1-7-9-12-18-26(17-8-2)24(27)14-11-10-13-19-28-23-16-15-21(3)20-22(23)25(4,5)6/h7,9,15-16,20H,8,10-14,17-19H2,1-6H3/b9-7-. The van der Waals surface area contributed by atoms with E-state index in [1.165, 1.54) is 11.1 Å². The highest BCUT2D eigenvalue weighted by Gasteiger charge is 2.19. The van der Waals surface area contributed by atoms with E-state index >= 15 is 0 Å². The van der Waals surface area contributed by atoms with Gasteiger partial charge in [-0.1, -0.05) is 57.5 Å². The summed E-state index contributed by atoms with van der Waals surface area (Å²) in [6.45, 7) is 15.3. The van der Waals surface area contributed by atoms with Gasteiger partial charge in [0.05, 0.1) is 6.61 Å². The van der Waals surface area contributed by atoms with Crippen molar-refractivity contribution in [3.05, 3.63) is 41.5 Å². The van der Waals surface area contributed by atoms with Gasteiger partial charge in [-0.25, -0.2) is 0 Å². The molecule has 1 rings (SSSR count). The number of allylic oxidation sites excluding steroid dienone is 1. The molecule has 1 aromatic carbocycles. The van der Waals surface area contributed by atoms with E-state index in [0.29, 0.717) is 18.9 Å². The van der Waals surface area contributed by atoms with Crippen LogP contribution >= 0.6 is 0 Å². The van der Waals surface area contributed by atoms with Crippen LogP contribution in [0.1, 0.15) is 84.3 Å². The molecule has 0 bridgehead atoms. The summed E-state index contributed by atoms with van der Waals surface area (Å²) in [6.07, 6.45) is 9.73. The molecule has 0 saturated heterocycles. The zero-order valence-electron chi connectivity index (χ0n) is 19.0. The van der Waals surface area contributed by atoms with Crippen LogP contribution < -0.4 is 4.74 Å². The number of unbranched alkanes of at least 4 members (excludes halogenated alkanes) is 2. The Morgan fingerprint density at radius 3 is 2.54 bits per heavy atom. The number of hydrogen-bond acceptors (Lipinski definition) is 2. The zero-order chi connectivity index (χ0) is 21.0. The number of hydrogen-bond donors (Lipinski definition) is 0. The summed E-state index contributed by atoms with van der Waals surface area (Å²) in [4.78, 5) is 14.5. The second-order valence-corrected chi connectivity index (χ2v) is 8.65. The molecule has 0 aliphatic rings. The van der Waals surface area contributed by atoms with Gasteiger partial charge in [-0.3, -0.25) is 4.79 Å². The van der Waals surface area contributed by atoms with E-state index < -0.39 is 0 Å².